The fourth-order valence-corrected chi connectivity index (χ4v) is 5.36. The largest absolute Gasteiger partial charge is 0.744 e. The molecule has 3 fully saturated rings. The van der Waals surface area contributed by atoms with Gasteiger partial charge in [-0.3, -0.25) is 4.79 Å². The molecule has 3 aliphatic rings. The summed E-state index contributed by atoms with van der Waals surface area (Å²) in [4.78, 5) is 23.9. The van der Waals surface area contributed by atoms with Crippen molar-refractivity contribution in [2.75, 3.05) is 6.61 Å². The Balaban J connectivity index is 1.36. The normalized spacial score (nSPS) is 30.1. The van der Waals surface area contributed by atoms with Gasteiger partial charge in [0.05, 0.1) is 22.5 Å². The van der Waals surface area contributed by atoms with Crippen molar-refractivity contribution < 1.29 is 41.9 Å². The zero-order valence-electron chi connectivity index (χ0n) is 16.2. The third kappa shape index (κ3) is 4.22. The molecule has 1 saturated heterocycles. The van der Waals surface area contributed by atoms with Crippen LogP contribution >= 0.6 is 0 Å². The van der Waals surface area contributed by atoms with Gasteiger partial charge in [0.25, 0.3) is 0 Å². The summed E-state index contributed by atoms with van der Waals surface area (Å²) in [5, 5.41) is 11.0. The molecule has 1 aliphatic heterocycles. The van der Waals surface area contributed by atoms with Gasteiger partial charge in [0, 0.05) is 12.3 Å². The molecule has 0 aromatic heterocycles. The predicted molar refractivity (Wildman–Crippen MR) is 99.3 cm³/mol. The van der Waals surface area contributed by atoms with E-state index in [1.807, 2.05) is 0 Å². The lowest BCUT2D eigenvalue weighted by molar-refractivity contribution is -0.151. The molecule has 4 unspecified atom stereocenters. The fourth-order valence-electron chi connectivity index (χ4n) is 4.89. The van der Waals surface area contributed by atoms with Crippen molar-refractivity contribution in [3.8, 4) is 5.75 Å². The Morgan fingerprint density at radius 2 is 1.87 bits per heavy atom. The number of fused-ring (bicyclic) bond motifs is 2. The van der Waals surface area contributed by atoms with E-state index in [0.29, 0.717) is 25.7 Å². The number of ether oxygens (including phenoxy) is 3. The van der Waals surface area contributed by atoms with Crippen molar-refractivity contribution in [3.63, 3.8) is 0 Å². The molecule has 2 saturated carbocycles. The Labute approximate surface area is 174 Å². The van der Waals surface area contributed by atoms with Gasteiger partial charge >= 0.3 is 11.9 Å². The van der Waals surface area contributed by atoms with E-state index in [-0.39, 0.29) is 23.6 Å². The number of carbonyl (C=O) groups is 2. The van der Waals surface area contributed by atoms with E-state index in [0.717, 1.165) is 25.0 Å². The number of esters is 2. The molecule has 1 aromatic carbocycles. The summed E-state index contributed by atoms with van der Waals surface area (Å²) >= 11 is 0. The average molecular weight is 439 g/mol. The smallest absolute Gasteiger partial charge is 0.337 e. The SMILES string of the molecule is O=C(COC1CC(C2(O)CCCC2)C2CC1OC2=O)Oc1ccc(S(=O)(=O)[O-])cc1. The number of aliphatic hydroxyl groups is 1. The van der Waals surface area contributed by atoms with E-state index in [4.69, 9.17) is 14.2 Å². The molecule has 9 nitrogen and oxygen atoms in total. The average Bonchev–Trinajstić information content (AvgIpc) is 3.26. The highest BCUT2D eigenvalue weighted by Gasteiger charge is 2.56. The van der Waals surface area contributed by atoms with Gasteiger partial charge in [-0.25, -0.2) is 13.2 Å². The maximum Gasteiger partial charge on any atom is 0.337 e. The van der Waals surface area contributed by atoms with Gasteiger partial charge in [-0.1, -0.05) is 12.8 Å². The van der Waals surface area contributed by atoms with E-state index in [9.17, 15) is 27.7 Å². The van der Waals surface area contributed by atoms with E-state index in [1.54, 1.807) is 0 Å². The summed E-state index contributed by atoms with van der Waals surface area (Å²) in [5.74, 6) is -1.54. The van der Waals surface area contributed by atoms with Crippen LogP contribution in [0.15, 0.2) is 29.2 Å². The van der Waals surface area contributed by atoms with Crippen LogP contribution in [-0.4, -0.2) is 54.4 Å². The molecule has 164 valence electrons. The quantitative estimate of drug-likeness (QED) is 0.392. The van der Waals surface area contributed by atoms with Crippen molar-refractivity contribution in [2.45, 2.75) is 61.2 Å². The Morgan fingerprint density at radius 3 is 2.50 bits per heavy atom. The number of rotatable bonds is 6. The zero-order valence-corrected chi connectivity index (χ0v) is 17.0. The summed E-state index contributed by atoms with van der Waals surface area (Å²) < 4.78 is 49.0. The maximum absolute atomic E-state index is 12.2. The van der Waals surface area contributed by atoms with Crippen LogP contribution in [0.1, 0.15) is 38.5 Å². The molecule has 2 aliphatic carbocycles. The minimum atomic E-state index is -4.58. The zero-order chi connectivity index (χ0) is 21.5. The van der Waals surface area contributed by atoms with Crippen molar-refractivity contribution in [1.29, 1.82) is 0 Å². The lowest BCUT2D eigenvalue weighted by Crippen LogP contribution is -2.47. The Morgan fingerprint density at radius 1 is 1.20 bits per heavy atom. The van der Waals surface area contributed by atoms with Crippen molar-refractivity contribution in [3.05, 3.63) is 24.3 Å². The Kier molecular flexibility index (Phi) is 5.60. The number of hydrogen-bond donors (Lipinski definition) is 1. The third-order valence-corrected chi connectivity index (χ3v) is 7.21. The fraction of sp³-hybridized carbons (Fsp3) is 0.600. The molecular formula is C20H23O9S-. The number of hydrogen-bond acceptors (Lipinski definition) is 9. The molecule has 10 heteroatoms. The highest BCUT2D eigenvalue weighted by Crippen LogP contribution is 2.49. The molecule has 1 heterocycles. The van der Waals surface area contributed by atoms with Gasteiger partial charge in [-0.05, 0) is 43.5 Å². The van der Waals surface area contributed by atoms with Crippen LogP contribution in [0.4, 0.5) is 0 Å². The van der Waals surface area contributed by atoms with Gasteiger partial charge in [0.1, 0.15) is 28.6 Å². The van der Waals surface area contributed by atoms with Gasteiger partial charge in [-0.15, -0.1) is 0 Å². The van der Waals surface area contributed by atoms with Crippen LogP contribution < -0.4 is 4.74 Å². The lowest BCUT2D eigenvalue weighted by atomic mass is 9.69. The molecule has 0 radical (unpaired) electrons. The minimum absolute atomic E-state index is 0.0742. The van der Waals surface area contributed by atoms with Gasteiger partial charge in [0.2, 0.25) is 0 Å². The Bertz CT molecular complexity index is 918. The second-order valence-corrected chi connectivity index (χ2v) is 9.60. The standard InChI is InChI=1S/C20H24O9S/c21-18(28-12-3-5-13(6-4-12)30(24,25)26)11-27-16-10-15(20(23)7-1-2-8-20)14-9-17(16)29-19(14)22/h3-6,14-17,23H,1-2,7-11H2,(H,24,25,26)/p-1. The molecule has 4 atom stereocenters. The van der Waals surface area contributed by atoms with E-state index in [2.05, 4.69) is 0 Å². The van der Waals surface area contributed by atoms with Crippen molar-refractivity contribution in [2.24, 2.45) is 11.8 Å². The van der Waals surface area contributed by atoms with Crippen LogP contribution in [0, 0.1) is 11.8 Å². The number of carbonyl (C=O) groups excluding carboxylic acids is 2. The van der Waals surface area contributed by atoms with Gasteiger partial charge in [0.15, 0.2) is 0 Å². The molecule has 30 heavy (non-hydrogen) atoms. The third-order valence-electron chi connectivity index (χ3n) is 6.36. The maximum atomic E-state index is 12.2. The monoisotopic (exact) mass is 439 g/mol. The number of benzene rings is 1. The van der Waals surface area contributed by atoms with Crippen LogP contribution in [0.2, 0.25) is 0 Å². The van der Waals surface area contributed by atoms with Gasteiger partial charge < -0.3 is 23.9 Å². The van der Waals surface area contributed by atoms with Crippen LogP contribution in [-0.2, 0) is 29.2 Å². The summed E-state index contributed by atoms with van der Waals surface area (Å²) in [6.07, 6.45) is 3.08. The van der Waals surface area contributed by atoms with Crippen LogP contribution in [0.3, 0.4) is 0 Å². The summed E-state index contributed by atoms with van der Waals surface area (Å²) in [7, 11) is -4.58. The second-order valence-electron chi connectivity index (χ2n) is 8.22. The first-order chi connectivity index (χ1) is 14.2. The van der Waals surface area contributed by atoms with Crippen LogP contribution in [0.5, 0.6) is 5.75 Å². The van der Waals surface area contributed by atoms with Crippen LogP contribution in [0.25, 0.3) is 0 Å². The second kappa shape index (κ2) is 7.92. The lowest BCUT2D eigenvalue weighted by Gasteiger charge is -2.40. The van der Waals surface area contributed by atoms with Gasteiger partial charge in [-0.2, -0.15) is 0 Å². The summed E-state index contributed by atoms with van der Waals surface area (Å²) in [5.41, 5.74) is -0.898. The topological polar surface area (TPSA) is 139 Å². The summed E-state index contributed by atoms with van der Waals surface area (Å²) in [6.45, 7) is -0.393. The van der Waals surface area contributed by atoms with E-state index in [1.165, 1.54) is 12.1 Å². The molecule has 1 aromatic rings. The predicted octanol–water partition coefficient (Wildman–Crippen LogP) is 1.14. The molecule has 0 amide bonds. The van der Waals surface area contributed by atoms with E-state index < -0.39 is 45.4 Å². The van der Waals surface area contributed by atoms with Crippen molar-refractivity contribution in [1.82, 2.24) is 0 Å². The molecule has 0 spiro atoms. The molecule has 4 rings (SSSR count). The first-order valence-electron chi connectivity index (χ1n) is 9.97. The van der Waals surface area contributed by atoms with E-state index >= 15 is 0 Å². The van der Waals surface area contributed by atoms with Crippen molar-refractivity contribution >= 4 is 22.1 Å². The first kappa shape index (κ1) is 21.2. The first-order valence-corrected chi connectivity index (χ1v) is 11.4. The molecule has 1 N–H and O–H groups in total. The highest BCUT2D eigenvalue weighted by molar-refractivity contribution is 7.85. The molecule has 2 bridgehead atoms. The molecular weight excluding hydrogens is 416 g/mol. The summed E-state index contributed by atoms with van der Waals surface area (Å²) in [6, 6.07) is 4.52. The highest BCUT2D eigenvalue weighted by atomic mass is 32.2. The Hall–Kier alpha value is -2.01. The minimum Gasteiger partial charge on any atom is -0.744 e.